The van der Waals surface area contributed by atoms with Crippen LogP contribution in [0.15, 0.2) is 54.6 Å². The van der Waals surface area contributed by atoms with Crippen molar-refractivity contribution < 1.29 is 5.11 Å². The highest BCUT2D eigenvalue weighted by atomic mass is 16.3. The van der Waals surface area contributed by atoms with E-state index in [-0.39, 0.29) is 12.6 Å². The van der Waals surface area contributed by atoms with Gasteiger partial charge in [-0.15, -0.1) is 0 Å². The third kappa shape index (κ3) is 3.79. The van der Waals surface area contributed by atoms with E-state index in [2.05, 4.69) is 30.9 Å². The molecule has 0 aliphatic heterocycles. The number of hydrogen-bond donors (Lipinski definition) is 3. The van der Waals surface area contributed by atoms with Crippen LogP contribution in [0, 0.1) is 6.92 Å². The first-order valence-electron chi connectivity index (χ1n) is 9.10. The SMILES string of the molecule is Cc1nc2ccccc2n1Cc1cc(NCc2ccc(CO)cc2)nc(N)n1. The molecule has 142 valence electrons. The van der Waals surface area contributed by atoms with E-state index in [0.717, 1.165) is 33.7 Å². The molecule has 2 aromatic carbocycles. The van der Waals surface area contributed by atoms with Gasteiger partial charge < -0.3 is 20.7 Å². The van der Waals surface area contributed by atoms with Crippen molar-refractivity contribution in [2.24, 2.45) is 0 Å². The number of hydrogen-bond acceptors (Lipinski definition) is 6. The Kier molecular flexibility index (Phi) is 4.90. The van der Waals surface area contributed by atoms with E-state index in [1.165, 1.54) is 0 Å². The predicted octanol–water partition coefficient (Wildman–Crippen LogP) is 2.87. The number of anilines is 2. The fourth-order valence-electron chi connectivity index (χ4n) is 3.20. The predicted molar refractivity (Wildman–Crippen MR) is 110 cm³/mol. The number of imidazole rings is 1. The monoisotopic (exact) mass is 374 g/mol. The molecule has 0 saturated carbocycles. The fraction of sp³-hybridized carbons (Fsp3) is 0.190. The number of aromatic nitrogens is 4. The van der Waals surface area contributed by atoms with Gasteiger partial charge >= 0.3 is 0 Å². The number of nitrogens with one attached hydrogen (secondary N) is 1. The van der Waals surface area contributed by atoms with Crippen LogP contribution >= 0.6 is 0 Å². The van der Waals surface area contributed by atoms with Gasteiger partial charge in [-0.2, -0.15) is 4.98 Å². The Labute approximate surface area is 162 Å². The lowest BCUT2D eigenvalue weighted by Gasteiger charge is -2.11. The molecule has 0 saturated heterocycles. The number of aliphatic hydroxyl groups is 1. The number of nitrogen functional groups attached to an aromatic ring is 1. The number of nitrogens with zero attached hydrogens (tertiary/aromatic N) is 4. The van der Waals surface area contributed by atoms with E-state index in [1.807, 2.05) is 55.5 Å². The highest BCUT2D eigenvalue weighted by Gasteiger charge is 2.10. The van der Waals surface area contributed by atoms with Crippen LogP contribution in [0.3, 0.4) is 0 Å². The lowest BCUT2D eigenvalue weighted by molar-refractivity contribution is 0.282. The molecule has 0 spiro atoms. The summed E-state index contributed by atoms with van der Waals surface area (Å²) in [6, 6.07) is 17.7. The minimum atomic E-state index is 0.0435. The second-order valence-corrected chi connectivity index (χ2v) is 6.66. The normalized spacial score (nSPS) is 11.1. The molecule has 0 atom stereocenters. The van der Waals surface area contributed by atoms with Crippen molar-refractivity contribution in [2.75, 3.05) is 11.1 Å². The molecule has 0 radical (unpaired) electrons. The van der Waals surface area contributed by atoms with Gasteiger partial charge in [0.1, 0.15) is 11.6 Å². The maximum absolute atomic E-state index is 9.14. The third-order valence-electron chi connectivity index (χ3n) is 4.64. The molecular formula is C21H22N6O. The van der Waals surface area contributed by atoms with Crippen LogP contribution in [0.2, 0.25) is 0 Å². The highest BCUT2D eigenvalue weighted by molar-refractivity contribution is 5.75. The van der Waals surface area contributed by atoms with Gasteiger partial charge in [0.25, 0.3) is 0 Å². The summed E-state index contributed by atoms with van der Waals surface area (Å²) >= 11 is 0. The van der Waals surface area contributed by atoms with Crippen LogP contribution in [0.1, 0.15) is 22.6 Å². The summed E-state index contributed by atoms with van der Waals surface area (Å²) in [7, 11) is 0. The smallest absolute Gasteiger partial charge is 0.222 e. The quantitative estimate of drug-likeness (QED) is 0.480. The number of rotatable bonds is 6. The lowest BCUT2D eigenvalue weighted by Crippen LogP contribution is -2.09. The van der Waals surface area contributed by atoms with Crippen molar-refractivity contribution in [3.63, 3.8) is 0 Å². The van der Waals surface area contributed by atoms with Crippen molar-refractivity contribution in [1.82, 2.24) is 19.5 Å². The maximum Gasteiger partial charge on any atom is 0.222 e. The molecule has 0 amide bonds. The van der Waals surface area contributed by atoms with E-state index in [1.54, 1.807) is 0 Å². The van der Waals surface area contributed by atoms with Crippen LogP contribution in [-0.4, -0.2) is 24.6 Å². The van der Waals surface area contributed by atoms with Gasteiger partial charge in [-0.05, 0) is 30.2 Å². The van der Waals surface area contributed by atoms with Crippen LogP contribution in [0.4, 0.5) is 11.8 Å². The number of benzene rings is 2. The first-order valence-corrected chi connectivity index (χ1v) is 9.10. The Morgan fingerprint density at radius 3 is 2.54 bits per heavy atom. The Morgan fingerprint density at radius 2 is 1.75 bits per heavy atom. The zero-order valence-electron chi connectivity index (χ0n) is 15.6. The van der Waals surface area contributed by atoms with E-state index in [4.69, 9.17) is 10.8 Å². The van der Waals surface area contributed by atoms with E-state index >= 15 is 0 Å². The Morgan fingerprint density at radius 1 is 1.00 bits per heavy atom. The number of aryl methyl sites for hydroxylation is 1. The zero-order valence-corrected chi connectivity index (χ0v) is 15.6. The molecule has 0 aliphatic carbocycles. The summed E-state index contributed by atoms with van der Waals surface area (Å²) in [5.41, 5.74) is 10.8. The zero-order chi connectivity index (χ0) is 19.5. The van der Waals surface area contributed by atoms with Crippen molar-refractivity contribution >= 4 is 22.8 Å². The second-order valence-electron chi connectivity index (χ2n) is 6.66. The van der Waals surface area contributed by atoms with Gasteiger partial charge in [0, 0.05) is 12.6 Å². The van der Waals surface area contributed by atoms with Gasteiger partial charge in [0.15, 0.2) is 0 Å². The van der Waals surface area contributed by atoms with E-state index in [9.17, 15) is 0 Å². The summed E-state index contributed by atoms with van der Waals surface area (Å²) in [5.74, 6) is 1.84. The third-order valence-corrected chi connectivity index (χ3v) is 4.64. The fourth-order valence-corrected chi connectivity index (χ4v) is 3.20. The van der Waals surface area contributed by atoms with E-state index in [0.29, 0.717) is 18.9 Å². The van der Waals surface area contributed by atoms with Crippen molar-refractivity contribution in [3.8, 4) is 0 Å². The molecule has 4 N–H and O–H groups in total. The summed E-state index contributed by atoms with van der Waals surface area (Å²) in [6.45, 7) is 3.20. The van der Waals surface area contributed by atoms with Gasteiger partial charge in [-0.1, -0.05) is 36.4 Å². The number of para-hydroxylation sites is 2. The topological polar surface area (TPSA) is 102 Å². The average Bonchev–Trinajstić information content (AvgIpc) is 3.02. The Hall–Kier alpha value is -3.45. The molecule has 0 bridgehead atoms. The minimum Gasteiger partial charge on any atom is -0.392 e. The van der Waals surface area contributed by atoms with Gasteiger partial charge in [0.05, 0.1) is 29.9 Å². The molecule has 28 heavy (non-hydrogen) atoms. The van der Waals surface area contributed by atoms with Gasteiger partial charge in [0.2, 0.25) is 5.95 Å². The first-order chi connectivity index (χ1) is 13.6. The van der Waals surface area contributed by atoms with Crippen molar-refractivity contribution in [1.29, 1.82) is 0 Å². The molecule has 7 nitrogen and oxygen atoms in total. The highest BCUT2D eigenvalue weighted by Crippen LogP contribution is 2.18. The summed E-state index contributed by atoms with van der Waals surface area (Å²) in [5, 5.41) is 12.4. The minimum absolute atomic E-state index is 0.0435. The molecule has 2 heterocycles. The molecule has 4 rings (SSSR count). The molecule has 4 aromatic rings. The lowest BCUT2D eigenvalue weighted by atomic mass is 10.1. The summed E-state index contributed by atoms with van der Waals surface area (Å²) in [4.78, 5) is 13.3. The second kappa shape index (κ2) is 7.66. The number of fused-ring (bicyclic) bond motifs is 1. The number of nitrogens with two attached hydrogens (primary N) is 1. The van der Waals surface area contributed by atoms with Crippen LogP contribution < -0.4 is 11.1 Å². The van der Waals surface area contributed by atoms with Crippen molar-refractivity contribution in [3.05, 3.63) is 77.2 Å². The van der Waals surface area contributed by atoms with Crippen LogP contribution in [0.25, 0.3) is 11.0 Å². The largest absolute Gasteiger partial charge is 0.392 e. The standard InChI is InChI=1S/C21H22N6O/c1-14-24-18-4-2-3-5-19(18)27(14)12-17-10-20(26-21(22)25-17)23-11-15-6-8-16(13-28)9-7-15/h2-10,28H,11-13H2,1H3,(H3,22,23,25,26). The average molecular weight is 374 g/mol. The van der Waals surface area contributed by atoms with E-state index < -0.39 is 0 Å². The maximum atomic E-state index is 9.14. The van der Waals surface area contributed by atoms with Gasteiger partial charge in [-0.25, -0.2) is 9.97 Å². The van der Waals surface area contributed by atoms with Crippen molar-refractivity contribution in [2.45, 2.75) is 26.6 Å². The molecule has 0 aliphatic rings. The summed E-state index contributed by atoms with van der Waals surface area (Å²) in [6.07, 6.45) is 0. The molecule has 2 aromatic heterocycles. The summed E-state index contributed by atoms with van der Waals surface area (Å²) < 4.78 is 2.12. The molecular weight excluding hydrogens is 352 g/mol. The Balaban J connectivity index is 1.54. The van der Waals surface area contributed by atoms with Gasteiger partial charge in [-0.3, -0.25) is 0 Å². The first kappa shape index (κ1) is 17.9. The van der Waals surface area contributed by atoms with Crippen LogP contribution in [-0.2, 0) is 19.7 Å². The Bertz CT molecular complexity index is 1100. The number of aliphatic hydroxyl groups excluding tert-OH is 1. The molecule has 0 fully saturated rings. The molecule has 0 unspecified atom stereocenters. The van der Waals surface area contributed by atoms with Crippen LogP contribution in [0.5, 0.6) is 0 Å². The molecule has 7 heteroatoms.